The molecule has 0 saturated heterocycles. The molecular weight excluding hydrogens is 246 g/mol. The predicted molar refractivity (Wildman–Crippen MR) is 70.1 cm³/mol. The summed E-state index contributed by atoms with van der Waals surface area (Å²) in [5, 5.41) is 19.8. The first-order chi connectivity index (χ1) is 9.17. The van der Waals surface area contributed by atoms with Crippen molar-refractivity contribution in [3.05, 3.63) is 33.9 Å². The molecule has 0 atom stereocenters. The fraction of sp³-hybridized carbons (Fsp3) is 0.462. The van der Waals surface area contributed by atoms with Gasteiger partial charge in [-0.1, -0.05) is 0 Å². The molecule has 1 aliphatic carbocycles. The maximum absolute atomic E-state index is 11.0. The Labute approximate surface area is 111 Å². The predicted octanol–water partition coefficient (Wildman–Crippen LogP) is 2.08. The third kappa shape index (κ3) is 3.01. The van der Waals surface area contributed by atoms with Crippen LogP contribution in [0.25, 0.3) is 0 Å². The monoisotopic (exact) mass is 261 g/mol. The van der Waals surface area contributed by atoms with Crippen LogP contribution in [0.4, 0.5) is 11.4 Å². The van der Waals surface area contributed by atoms with E-state index in [2.05, 4.69) is 4.90 Å². The molecule has 6 nitrogen and oxygen atoms in total. The zero-order valence-corrected chi connectivity index (χ0v) is 10.7. The summed E-state index contributed by atoms with van der Waals surface area (Å²) in [7, 11) is 1.63. The number of ether oxygens (including phenoxy) is 1. The SMILES string of the molecule is COCCN(c1ccc(C#N)c([N+](=O)[O-])c1)C1CC1. The molecular formula is C13H15N3O3. The van der Waals surface area contributed by atoms with Gasteiger partial charge >= 0.3 is 0 Å². The Balaban J connectivity index is 2.30. The number of nitrogens with zero attached hydrogens (tertiary/aromatic N) is 3. The molecule has 0 spiro atoms. The molecule has 6 heteroatoms. The van der Waals surface area contributed by atoms with Gasteiger partial charge in [0, 0.05) is 31.5 Å². The second kappa shape index (κ2) is 5.67. The zero-order chi connectivity index (χ0) is 13.8. The van der Waals surface area contributed by atoms with Gasteiger partial charge in [-0.25, -0.2) is 0 Å². The van der Waals surface area contributed by atoms with Gasteiger partial charge in [0.25, 0.3) is 5.69 Å². The van der Waals surface area contributed by atoms with E-state index in [1.807, 2.05) is 6.07 Å². The summed E-state index contributed by atoms with van der Waals surface area (Å²) >= 11 is 0. The van der Waals surface area contributed by atoms with E-state index in [0.29, 0.717) is 19.2 Å². The standard InChI is InChI=1S/C13H15N3O3/c1-19-7-6-15(11-4-5-11)12-3-2-10(9-14)13(8-12)16(17)18/h2-3,8,11H,4-7H2,1H3. The van der Waals surface area contributed by atoms with Crippen LogP contribution in [-0.4, -0.2) is 31.2 Å². The Hall–Kier alpha value is -2.13. The molecule has 19 heavy (non-hydrogen) atoms. The molecule has 0 N–H and O–H groups in total. The van der Waals surface area contributed by atoms with Crippen molar-refractivity contribution in [2.75, 3.05) is 25.2 Å². The van der Waals surface area contributed by atoms with Crippen LogP contribution in [0.2, 0.25) is 0 Å². The normalized spacial score (nSPS) is 13.9. The second-order valence-corrected chi connectivity index (χ2v) is 4.49. The maximum atomic E-state index is 11.0. The number of rotatable bonds is 6. The number of benzene rings is 1. The van der Waals surface area contributed by atoms with Crippen LogP contribution < -0.4 is 4.90 Å². The van der Waals surface area contributed by atoms with Gasteiger partial charge in [0.2, 0.25) is 0 Å². The Morgan fingerprint density at radius 1 is 1.58 bits per heavy atom. The first-order valence-electron chi connectivity index (χ1n) is 6.11. The zero-order valence-electron chi connectivity index (χ0n) is 10.7. The summed E-state index contributed by atoms with van der Waals surface area (Å²) in [4.78, 5) is 12.6. The van der Waals surface area contributed by atoms with Gasteiger partial charge in [0.15, 0.2) is 0 Å². The molecule has 0 radical (unpaired) electrons. The Morgan fingerprint density at radius 3 is 2.84 bits per heavy atom. The van der Waals surface area contributed by atoms with Crippen molar-refractivity contribution in [1.29, 1.82) is 5.26 Å². The second-order valence-electron chi connectivity index (χ2n) is 4.49. The highest BCUT2D eigenvalue weighted by molar-refractivity contribution is 5.61. The molecule has 1 saturated carbocycles. The molecule has 0 unspecified atom stereocenters. The molecule has 0 bridgehead atoms. The molecule has 1 aliphatic rings. The average molecular weight is 261 g/mol. The molecule has 0 aromatic heterocycles. The summed E-state index contributed by atoms with van der Waals surface area (Å²) in [6, 6.07) is 7.03. The van der Waals surface area contributed by atoms with Crippen molar-refractivity contribution in [3.8, 4) is 6.07 Å². The highest BCUT2D eigenvalue weighted by Crippen LogP contribution is 2.33. The van der Waals surface area contributed by atoms with Crippen LogP contribution in [0.1, 0.15) is 18.4 Å². The van der Waals surface area contributed by atoms with E-state index in [0.717, 1.165) is 18.5 Å². The lowest BCUT2D eigenvalue weighted by Crippen LogP contribution is -2.29. The minimum Gasteiger partial charge on any atom is -0.383 e. The van der Waals surface area contributed by atoms with Crippen LogP contribution in [0.5, 0.6) is 0 Å². The first kappa shape index (κ1) is 13.3. The van der Waals surface area contributed by atoms with E-state index < -0.39 is 4.92 Å². The number of hydrogen-bond donors (Lipinski definition) is 0. The van der Waals surface area contributed by atoms with Crippen LogP contribution in [-0.2, 0) is 4.74 Å². The van der Waals surface area contributed by atoms with Crippen molar-refractivity contribution in [2.45, 2.75) is 18.9 Å². The van der Waals surface area contributed by atoms with Gasteiger partial charge in [0.1, 0.15) is 11.6 Å². The summed E-state index contributed by atoms with van der Waals surface area (Å²) in [5.41, 5.74) is 0.740. The summed E-state index contributed by atoms with van der Waals surface area (Å²) in [6.07, 6.45) is 2.19. The molecule has 0 aliphatic heterocycles. The summed E-state index contributed by atoms with van der Waals surface area (Å²) < 4.78 is 5.07. The minimum atomic E-state index is -0.510. The highest BCUT2D eigenvalue weighted by Gasteiger charge is 2.30. The van der Waals surface area contributed by atoms with Gasteiger partial charge in [0.05, 0.1) is 11.5 Å². The quantitative estimate of drug-likeness (QED) is 0.578. The average Bonchev–Trinajstić information content (AvgIpc) is 3.23. The Morgan fingerprint density at radius 2 is 2.32 bits per heavy atom. The molecule has 2 rings (SSSR count). The molecule has 0 amide bonds. The number of methoxy groups -OCH3 is 1. The molecule has 1 fully saturated rings. The lowest BCUT2D eigenvalue weighted by molar-refractivity contribution is -0.385. The smallest absolute Gasteiger partial charge is 0.289 e. The molecule has 100 valence electrons. The number of nitriles is 1. The van der Waals surface area contributed by atoms with Crippen molar-refractivity contribution < 1.29 is 9.66 Å². The van der Waals surface area contributed by atoms with E-state index in [9.17, 15) is 10.1 Å². The van der Waals surface area contributed by atoms with Gasteiger partial charge in [-0.3, -0.25) is 10.1 Å². The van der Waals surface area contributed by atoms with E-state index in [1.165, 1.54) is 12.1 Å². The summed E-state index contributed by atoms with van der Waals surface area (Å²) in [6.45, 7) is 1.27. The van der Waals surface area contributed by atoms with E-state index in [4.69, 9.17) is 10.00 Å². The summed E-state index contributed by atoms with van der Waals surface area (Å²) in [5.74, 6) is 0. The van der Waals surface area contributed by atoms with Crippen LogP contribution in [0.3, 0.4) is 0 Å². The van der Waals surface area contributed by atoms with Crippen molar-refractivity contribution in [3.63, 3.8) is 0 Å². The topological polar surface area (TPSA) is 79.4 Å². The van der Waals surface area contributed by atoms with Gasteiger partial charge in [-0.2, -0.15) is 5.26 Å². The largest absolute Gasteiger partial charge is 0.383 e. The van der Waals surface area contributed by atoms with Crippen LogP contribution in [0.15, 0.2) is 18.2 Å². The molecule has 0 heterocycles. The van der Waals surface area contributed by atoms with Crippen molar-refractivity contribution in [2.24, 2.45) is 0 Å². The number of anilines is 1. The third-order valence-corrected chi connectivity index (χ3v) is 3.15. The van der Waals surface area contributed by atoms with Crippen LogP contribution >= 0.6 is 0 Å². The number of hydrogen-bond acceptors (Lipinski definition) is 5. The number of nitro benzene ring substituents is 1. The lowest BCUT2D eigenvalue weighted by Gasteiger charge is -2.24. The first-order valence-corrected chi connectivity index (χ1v) is 6.11. The number of nitro groups is 1. The maximum Gasteiger partial charge on any atom is 0.289 e. The molecule has 1 aromatic rings. The van der Waals surface area contributed by atoms with E-state index >= 15 is 0 Å². The van der Waals surface area contributed by atoms with Crippen molar-refractivity contribution in [1.82, 2.24) is 0 Å². The highest BCUT2D eigenvalue weighted by atomic mass is 16.6. The van der Waals surface area contributed by atoms with E-state index in [-0.39, 0.29) is 11.3 Å². The van der Waals surface area contributed by atoms with Gasteiger partial charge < -0.3 is 9.64 Å². The van der Waals surface area contributed by atoms with Gasteiger partial charge in [-0.15, -0.1) is 0 Å². The van der Waals surface area contributed by atoms with Gasteiger partial charge in [-0.05, 0) is 25.0 Å². The van der Waals surface area contributed by atoms with Crippen molar-refractivity contribution >= 4 is 11.4 Å². The Bertz CT molecular complexity index is 520. The van der Waals surface area contributed by atoms with Crippen LogP contribution in [0, 0.1) is 21.4 Å². The minimum absolute atomic E-state index is 0.0937. The Kier molecular flexibility index (Phi) is 3.97. The fourth-order valence-corrected chi connectivity index (χ4v) is 2.04. The van der Waals surface area contributed by atoms with E-state index in [1.54, 1.807) is 13.2 Å². The lowest BCUT2D eigenvalue weighted by atomic mass is 10.1. The third-order valence-electron chi connectivity index (χ3n) is 3.15. The fourth-order valence-electron chi connectivity index (χ4n) is 2.04. The molecule has 1 aromatic carbocycles.